The number of rotatable bonds is 7. The molecule has 0 spiro atoms. The third-order valence-corrected chi connectivity index (χ3v) is 6.28. The fourth-order valence-corrected chi connectivity index (χ4v) is 4.64. The zero-order chi connectivity index (χ0) is 20.4. The fourth-order valence-electron chi connectivity index (χ4n) is 3.78. The van der Waals surface area contributed by atoms with Crippen LogP contribution >= 0.6 is 11.8 Å². The highest BCUT2D eigenvalue weighted by molar-refractivity contribution is 7.99. The van der Waals surface area contributed by atoms with Crippen LogP contribution in [0.15, 0.2) is 47.9 Å². The van der Waals surface area contributed by atoms with Crippen molar-refractivity contribution in [1.82, 2.24) is 14.1 Å². The number of ether oxygens (including phenoxy) is 1. The maximum atomic E-state index is 13.6. The van der Waals surface area contributed by atoms with Crippen LogP contribution < -0.4 is 0 Å². The van der Waals surface area contributed by atoms with Crippen molar-refractivity contribution in [3.05, 3.63) is 65.5 Å². The Kier molecular flexibility index (Phi) is 5.87. The summed E-state index contributed by atoms with van der Waals surface area (Å²) in [6.07, 6.45) is 5.83. The minimum atomic E-state index is -0.304. The molecule has 5 nitrogen and oxygen atoms in total. The normalized spacial score (nSPS) is 16.4. The Balaban J connectivity index is 1.46. The van der Waals surface area contributed by atoms with E-state index in [2.05, 4.69) is 9.55 Å². The Morgan fingerprint density at radius 2 is 2.21 bits per heavy atom. The van der Waals surface area contributed by atoms with Crippen LogP contribution in [0.2, 0.25) is 0 Å². The largest absolute Gasteiger partial charge is 0.376 e. The van der Waals surface area contributed by atoms with E-state index in [4.69, 9.17) is 4.74 Å². The number of benzene rings is 1. The van der Waals surface area contributed by atoms with Crippen LogP contribution in [0.4, 0.5) is 4.39 Å². The highest BCUT2D eigenvalue weighted by Gasteiger charge is 2.21. The Hall–Kier alpha value is -2.38. The van der Waals surface area contributed by atoms with Crippen molar-refractivity contribution >= 4 is 17.5 Å². The molecular formula is C22H24FN3O2S. The lowest BCUT2D eigenvalue weighted by atomic mass is 10.2. The topological polar surface area (TPSA) is 49.0 Å². The molecule has 1 saturated heterocycles. The standard InChI is InChI=1S/C22H24FN3O2S/c1-15-11-20(16(2)26(15)13-19-7-4-10-28-19)21(27)14-29-22-24-8-9-25(22)18-6-3-5-17(23)12-18/h3,5-6,8-9,11-12,19H,4,7,10,13-14H2,1-2H3/t19-/m1/s1. The number of carbonyl (C=O) groups is 1. The number of nitrogens with zero attached hydrogens (tertiary/aromatic N) is 3. The van der Waals surface area contributed by atoms with E-state index in [1.807, 2.05) is 26.0 Å². The number of hydrogen-bond donors (Lipinski definition) is 0. The van der Waals surface area contributed by atoms with E-state index in [0.717, 1.165) is 42.9 Å². The lowest BCUT2D eigenvalue weighted by Gasteiger charge is -2.14. The SMILES string of the molecule is Cc1cc(C(=O)CSc2nccn2-c2cccc(F)c2)c(C)n1C[C@H]1CCCO1. The van der Waals surface area contributed by atoms with Gasteiger partial charge in [-0.15, -0.1) is 0 Å². The number of imidazole rings is 1. The molecule has 3 heterocycles. The first-order valence-corrected chi connectivity index (χ1v) is 10.7. The number of carbonyl (C=O) groups excluding carboxylic acids is 1. The van der Waals surface area contributed by atoms with Crippen LogP contribution in [0.5, 0.6) is 0 Å². The lowest BCUT2D eigenvalue weighted by molar-refractivity contribution is 0.0957. The van der Waals surface area contributed by atoms with Gasteiger partial charge in [-0.05, 0) is 51.0 Å². The predicted molar refractivity (Wildman–Crippen MR) is 111 cm³/mol. The molecule has 4 rings (SSSR count). The van der Waals surface area contributed by atoms with Crippen molar-refractivity contribution in [2.24, 2.45) is 0 Å². The molecule has 1 aliphatic heterocycles. The molecule has 1 aliphatic rings. The number of Topliss-reactive ketones (excluding diaryl/α,β-unsaturated/α-hetero) is 1. The van der Waals surface area contributed by atoms with Crippen molar-refractivity contribution < 1.29 is 13.9 Å². The zero-order valence-corrected chi connectivity index (χ0v) is 17.4. The van der Waals surface area contributed by atoms with Crippen LogP contribution in [0.1, 0.15) is 34.6 Å². The van der Waals surface area contributed by atoms with E-state index in [0.29, 0.717) is 10.8 Å². The summed E-state index contributed by atoms with van der Waals surface area (Å²) in [6, 6.07) is 8.30. The number of aryl methyl sites for hydroxylation is 1. The van der Waals surface area contributed by atoms with Gasteiger partial charge in [0.15, 0.2) is 10.9 Å². The number of halogens is 1. The second kappa shape index (κ2) is 8.55. The third kappa shape index (κ3) is 4.31. The van der Waals surface area contributed by atoms with Gasteiger partial charge in [0.1, 0.15) is 5.82 Å². The van der Waals surface area contributed by atoms with E-state index in [1.165, 1.54) is 23.9 Å². The minimum absolute atomic E-state index is 0.0653. The molecule has 0 radical (unpaired) electrons. The molecule has 1 aromatic carbocycles. The Morgan fingerprint density at radius 1 is 1.34 bits per heavy atom. The van der Waals surface area contributed by atoms with Gasteiger partial charge < -0.3 is 9.30 Å². The second-order valence-corrected chi connectivity index (χ2v) is 8.24. The van der Waals surface area contributed by atoms with Gasteiger partial charge in [-0.1, -0.05) is 17.8 Å². The van der Waals surface area contributed by atoms with Crippen LogP contribution in [-0.4, -0.2) is 38.4 Å². The summed E-state index contributed by atoms with van der Waals surface area (Å²) in [6.45, 7) is 5.64. The molecule has 0 aliphatic carbocycles. The third-order valence-electron chi connectivity index (χ3n) is 5.31. The molecule has 0 saturated carbocycles. The summed E-state index contributed by atoms with van der Waals surface area (Å²) < 4.78 is 23.3. The monoisotopic (exact) mass is 413 g/mol. The summed E-state index contributed by atoms with van der Waals surface area (Å²) in [4.78, 5) is 17.2. The van der Waals surface area contributed by atoms with Crippen molar-refractivity contribution in [3.8, 4) is 5.69 Å². The van der Waals surface area contributed by atoms with Gasteiger partial charge in [-0.2, -0.15) is 0 Å². The molecule has 0 N–H and O–H groups in total. The number of hydrogen-bond acceptors (Lipinski definition) is 4. The van der Waals surface area contributed by atoms with E-state index in [1.54, 1.807) is 23.0 Å². The molecule has 1 fully saturated rings. The molecule has 0 amide bonds. The smallest absolute Gasteiger partial charge is 0.175 e. The van der Waals surface area contributed by atoms with Crippen molar-refractivity contribution in [1.29, 1.82) is 0 Å². The van der Waals surface area contributed by atoms with Crippen LogP contribution in [0, 0.1) is 19.7 Å². The van der Waals surface area contributed by atoms with Crippen LogP contribution in [0.3, 0.4) is 0 Å². The molecule has 1 atom stereocenters. The van der Waals surface area contributed by atoms with Crippen molar-refractivity contribution in [3.63, 3.8) is 0 Å². The fraction of sp³-hybridized carbons (Fsp3) is 0.364. The molecule has 7 heteroatoms. The van der Waals surface area contributed by atoms with Gasteiger partial charge in [-0.25, -0.2) is 9.37 Å². The maximum absolute atomic E-state index is 13.6. The maximum Gasteiger partial charge on any atom is 0.175 e. The Labute approximate surface area is 173 Å². The summed E-state index contributed by atoms with van der Waals surface area (Å²) >= 11 is 1.36. The number of aromatic nitrogens is 3. The van der Waals surface area contributed by atoms with E-state index >= 15 is 0 Å². The zero-order valence-electron chi connectivity index (χ0n) is 16.6. The number of thioether (sulfide) groups is 1. The van der Waals surface area contributed by atoms with Crippen LogP contribution in [-0.2, 0) is 11.3 Å². The average Bonchev–Trinajstić information content (AvgIpc) is 3.44. The summed E-state index contributed by atoms with van der Waals surface area (Å²) in [5.41, 5.74) is 3.49. The Morgan fingerprint density at radius 3 is 2.97 bits per heavy atom. The summed E-state index contributed by atoms with van der Waals surface area (Å²) in [5.74, 6) is 0.0358. The average molecular weight is 414 g/mol. The van der Waals surface area contributed by atoms with Gasteiger partial charge in [0.05, 0.1) is 17.5 Å². The summed E-state index contributed by atoms with van der Waals surface area (Å²) in [7, 11) is 0. The molecule has 29 heavy (non-hydrogen) atoms. The first-order valence-electron chi connectivity index (χ1n) is 9.76. The van der Waals surface area contributed by atoms with Gasteiger partial charge in [0.25, 0.3) is 0 Å². The molecule has 2 aromatic heterocycles. The quantitative estimate of drug-likeness (QED) is 0.420. The second-order valence-electron chi connectivity index (χ2n) is 7.30. The molecule has 0 unspecified atom stereocenters. The lowest BCUT2D eigenvalue weighted by Crippen LogP contribution is -2.17. The summed E-state index contributed by atoms with van der Waals surface area (Å²) in [5, 5.41) is 0.664. The van der Waals surface area contributed by atoms with Crippen molar-refractivity contribution in [2.45, 2.75) is 44.5 Å². The van der Waals surface area contributed by atoms with Gasteiger partial charge in [-0.3, -0.25) is 9.36 Å². The Bertz CT molecular complexity index is 1020. The molecule has 152 valence electrons. The first-order chi connectivity index (χ1) is 14.0. The molecule has 0 bridgehead atoms. The molecular weight excluding hydrogens is 389 g/mol. The highest BCUT2D eigenvalue weighted by Crippen LogP contribution is 2.25. The van der Waals surface area contributed by atoms with Gasteiger partial charge in [0, 0.05) is 42.5 Å². The van der Waals surface area contributed by atoms with Gasteiger partial charge >= 0.3 is 0 Å². The predicted octanol–water partition coefficient (Wildman–Crippen LogP) is 4.58. The first kappa shape index (κ1) is 19.9. The number of ketones is 1. The molecule has 3 aromatic rings. The van der Waals surface area contributed by atoms with Crippen molar-refractivity contribution in [2.75, 3.05) is 12.4 Å². The minimum Gasteiger partial charge on any atom is -0.376 e. The van der Waals surface area contributed by atoms with E-state index in [9.17, 15) is 9.18 Å². The van der Waals surface area contributed by atoms with Crippen LogP contribution in [0.25, 0.3) is 5.69 Å². The van der Waals surface area contributed by atoms with Gasteiger partial charge in [0.2, 0.25) is 0 Å². The highest BCUT2D eigenvalue weighted by atomic mass is 32.2. The van der Waals surface area contributed by atoms with E-state index < -0.39 is 0 Å². The van der Waals surface area contributed by atoms with E-state index in [-0.39, 0.29) is 23.5 Å².